The van der Waals surface area contributed by atoms with Crippen LogP contribution < -0.4 is 4.74 Å². The van der Waals surface area contributed by atoms with Crippen LogP contribution in [0, 0.1) is 17.0 Å². The largest absolute Gasteiger partial charge is 0.495 e. The van der Waals surface area contributed by atoms with E-state index < -0.39 is 4.92 Å². The van der Waals surface area contributed by atoms with E-state index in [2.05, 4.69) is 20.9 Å². The predicted octanol–water partition coefficient (Wildman–Crippen LogP) is 3.22. The normalized spacial score (nSPS) is 10.5. The number of pyridine rings is 1. The number of halogens is 1. The molecule has 0 aliphatic rings. The van der Waals surface area contributed by atoms with Gasteiger partial charge in [-0.05, 0) is 34.5 Å². The number of methoxy groups -OCH3 is 1. The number of aryl methyl sites for hydroxylation is 1. The lowest BCUT2D eigenvalue weighted by molar-refractivity contribution is -0.383. The van der Waals surface area contributed by atoms with Gasteiger partial charge in [0.1, 0.15) is 11.3 Å². The molecule has 0 unspecified atom stereocenters. The number of nitro groups is 1. The minimum absolute atomic E-state index is 0.0521. The Kier molecular flexibility index (Phi) is 2.97. The van der Waals surface area contributed by atoms with E-state index in [9.17, 15) is 10.1 Å². The number of non-ortho nitro benzene ring substituents is 1. The summed E-state index contributed by atoms with van der Waals surface area (Å²) in [7, 11) is 1.47. The summed E-state index contributed by atoms with van der Waals surface area (Å²) < 4.78 is 5.81. The molecule has 0 aliphatic heterocycles. The second-order valence-electron chi connectivity index (χ2n) is 3.52. The second kappa shape index (κ2) is 4.29. The lowest BCUT2D eigenvalue weighted by Crippen LogP contribution is -1.96. The average Bonchev–Trinajstić information content (AvgIpc) is 2.29. The molecule has 17 heavy (non-hydrogen) atoms. The van der Waals surface area contributed by atoms with Gasteiger partial charge in [-0.1, -0.05) is 0 Å². The molecule has 5 nitrogen and oxygen atoms in total. The number of fused-ring (bicyclic) bond motifs is 1. The summed E-state index contributed by atoms with van der Waals surface area (Å²) in [6, 6.07) is 3.18. The van der Waals surface area contributed by atoms with Crippen LogP contribution >= 0.6 is 15.9 Å². The number of ether oxygens (including phenoxy) is 1. The van der Waals surface area contributed by atoms with Crippen molar-refractivity contribution in [2.75, 3.05) is 7.11 Å². The maximum atomic E-state index is 11.0. The van der Waals surface area contributed by atoms with E-state index in [1.807, 2.05) is 6.92 Å². The third-order valence-corrected chi connectivity index (χ3v) is 3.31. The predicted molar refractivity (Wildman–Crippen MR) is 67.4 cm³/mol. The average molecular weight is 297 g/mol. The standard InChI is InChI=1S/C11H9BrN2O3/c1-6-3-4-13-11-7(14(15)16)5-8(17-2)10(12)9(6)11/h3-5H,1-2H3. The van der Waals surface area contributed by atoms with Gasteiger partial charge in [0, 0.05) is 11.6 Å². The van der Waals surface area contributed by atoms with Crippen molar-refractivity contribution in [3.63, 3.8) is 0 Å². The summed E-state index contributed by atoms with van der Waals surface area (Å²) in [5, 5.41) is 11.7. The van der Waals surface area contributed by atoms with Gasteiger partial charge in [-0.2, -0.15) is 0 Å². The van der Waals surface area contributed by atoms with E-state index >= 15 is 0 Å². The highest BCUT2D eigenvalue weighted by atomic mass is 79.9. The van der Waals surface area contributed by atoms with Gasteiger partial charge in [0.15, 0.2) is 0 Å². The van der Waals surface area contributed by atoms with Gasteiger partial charge in [0.05, 0.1) is 22.6 Å². The summed E-state index contributed by atoms with van der Waals surface area (Å²) in [6.45, 7) is 1.87. The number of aromatic nitrogens is 1. The van der Waals surface area contributed by atoms with Gasteiger partial charge in [-0.15, -0.1) is 0 Å². The molecule has 1 heterocycles. The zero-order valence-electron chi connectivity index (χ0n) is 9.23. The van der Waals surface area contributed by atoms with Gasteiger partial charge in [0.25, 0.3) is 5.69 Å². The maximum absolute atomic E-state index is 11.0. The molecule has 1 aromatic carbocycles. The van der Waals surface area contributed by atoms with Gasteiger partial charge in [-0.25, -0.2) is 4.98 Å². The van der Waals surface area contributed by atoms with Crippen LogP contribution in [0.4, 0.5) is 5.69 Å². The minimum atomic E-state index is -0.455. The highest BCUT2D eigenvalue weighted by Crippen LogP contribution is 2.39. The van der Waals surface area contributed by atoms with Crippen molar-refractivity contribution in [1.82, 2.24) is 4.98 Å². The number of nitrogens with zero attached hydrogens (tertiary/aromatic N) is 2. The van der Waals surface area contributed by atoms with Gasteiger partial charge >= 0.3 is 0 Å². The molecule has 0 radical (unpaired) electrons. The molecular formula is C11H9BrN2O3. The Bertz CT molecular complexity index is 613. The highest BCUT2D eigenvalue weighted by molar-refractivity contribution is 9.10. The molecule has 0 spiro atoms. The fraction of sp³-hybridized carbons (Fsp3) is 0.182. The Hall–Kier alpha value is -1.69. The van der Waals surface area contributed by atoms with Gasteiger partial charge in [-0.3, -0.25) is 10.1 Å². The van der Waals surface area contributed by atoms with Gasteiger partial charge < -0.3 is 4.74 Å². The van der Waals surface area contributed by atoms with E-state index in [0.717, 1.165) is 5.56 Å². The second-order valence-corrected chi connectivity index (χ2v) is 4.31. The molecule has 0 amide bonds. The number of hydrogen-bond acceptors (Lipinski definition) is 4. The van der Waals surface area contributed by atoms with E-state index in [0.29, 0.717) is 21.1 Å². The first-order valence-electron chi connectivity index (χ1n) is 4.82. The molecule has 0 saturated carbocycles. The topological polar surface area (TPSA) is 65.3 Å². The first-order chi connectivity index (χ1) is 8.06. The molecule has 0 atom stereocenters. The highest BCUT2D eigenvalue weighted by Gasteiger charge is 2.20. The smallest absolute Gasteiger partial charge is 0.299 e. The van der Waals surface area contributed by atoms with Crippen molar-refractivity contribution in [2.24, 2.45) is 0 Å². The van der Waals surface area contributed by atoms with E-state index in [1.165, 1.54) is 13.2 Å². The summed E-state index contributed by atoms with van der Waals surface area (Å²) >= 11 is 3.39. The summed E-state index contributed by atoms with van der Waals surface area (Å²) in [6.07, 6.45) is 1.56. The van der Waals surface area contributed by atoms with Crippen LogP contribution in [0.5, 0.6) is 5.75 Å². The molecule has 2 aromatic rings. The summed E-state index contributed by atoms with van der Waals surface area (Å²) in [4.78, 5) is 14.6. The number of nitro benzene ring substituents is 1. The van der Waals surface area contributed by atoms with Crippen molar-refractivity contribution in [1.29, 1.82) is 0 Å². The zero-order chi connectivity index (χ0) is 12.6. The van der Waals surface area contributed by atoms with Crippen LogP contribution in [-0.4, -0.2) is 17.0 Å². The molecule has 0 bridgehead atoms. The maximum Gasteiger partial charge on any atom is 0.299 e. The Balaban J connectivity index is 2.97. The minimum Gasteiger partial charge on any atom is -0.495 e. The molecule has 0 fully saturated rings. The molecule has 1 aromatic heterocycles. The number of rotatable bonds is 2. The Labute approximate surface area is 106 Å². The first kappa shape index (κ1) is 11.8. The zero-order valence-corrected chi connectivity index (χ0v) is 10.8. The third kappa shape index (κ3) is 1.84. The first-order valence-corrected chi connectivity index (χ1v) is 5.61. The lowest BCUT2D eigenvalue weighted by Gasteiger charge is -2.08. The Morgan fingerprint density at radius 3 is 2.82 bits per heavy atom. The van der Waals surface area contributed by atoms with Crippen LogP contribution in [0.25, 0.3) is 10.9 Å². The monoisotopic (exact) mass is 296 g/mol. The molecule has 0 saturated heterocycles. The fourth-order valence-electron chi connectivity index (χ4n) is 1.70. The number of hydrogen-bond donors (Lipinski definition) is 0. The fourth-order valence-corrected chi connectivity index (χ4v) is 2.47. The summed E-state index contributed by atoms with van der Waals surface area (Å²) in [5.74, 6) is 0.431. The third-order valence-electron chi connectivity index (χ3n) is 2.52. The number of benzene rings is 1. The van der Waals surface area contributed by atoms with Crippen LogP contribution in [0.1, 0.15) is 5.56 Å². The van der Waals surface area contributed by atoms with Crippen LogP contribution in [-0.2, 0) is 0 Å². The van der Waals surface area contributed by atoms with Gasteiger partial charge in [0.2, 0.25) is 0 Å². The molecule has 88 valence electrons. The van der Waals surface area contributed by atoms with Crippen LogP contribution in [0.2, 0.25) is 0 Å². The van der Waals surface area contributed by atoms with Crippen molar-refractivity contribution < 1.29 is 9.66 Å². The van der Waals surface area contributed by atoms with E-state index in [-0.39, 0.29) is 5.69 Å². The molecule has 6 heteroatoms. The molecular weight excluding hydrogens is 288 g/mol. The molecule has 2 rings (SSSR count). The lowest BCUT2D eigenvalue weighted by atomic mass is 10.1. The molecule has 0 aliphatic carbocycles. The van der Waals surface area contributed by atoms with Crippen LogP contribution in [0.15, 0.2) is 22.8 Å². The SMILES string of the molecule is COc1cc([N+](=O)[O-])c2nccc(C)c2c1Br. The van der Waals surface area contributed by atoms with Crippen molar-refractivity contribution in [2.45, 2.75) is 6.92 Å². The van der Waals surface area contributed by atoms with E-state index in [4.69, 9.17) is 4.74 Å². The van der Waals surface area contributed by atoms with Crippen molar-refractivity contribution in [3.8, 4) is 5.75 Å². The molecule has 0 N–H and O–H groups in total. The Morgan fingerprint density at radius 1 is 1.53 bits per heavy atom. The van der Waals surface area contributed by atoms with Crippen molar-refractivity contribution in [3.05, 3.63) is 38.5 Å². The van der Waals surface area contributed by atoms with Crippen molar-refractivity contribution >= 4 is 32.5 Å². The Morgan fingerprint density at radius 2 is 2.24 bits per heavy atom. The van der Waals surface area contributed by atoms with E-state index in [1.54, 1.807) is 12.3 Å². The quantitative estimate of drug-likeness (QED) is 0.630. The summed E-state index contributed by atoms with van der Waals surface area (Å²) in [5.41, 5.74) is 1.22. The van der Waals surface area contributed by atoms with Crippen LogP contribution in [0.3, 0.4) is 0 Å².